The Morgan fingerprint density at radius 3 is 2.40 bits per heavy atom. The molecule has 1 heterocycles. The maximum Gasteiger partial charge on any atom is 0.240 e. The number of sulfonamides is 1. The molecule has 0 aliphatic carbocycles. The SMILES string of the molecule is CN1CCN(CCCNS(=O)(=O)c2ccccc2)CC1. The average molecular weight is 297 g/mol. The van der Waals surface area contributed by atoms with Crippen molar-refractivity contribution in [2.75, 3.05) is 46.3 Å². The molecule has 112 valence electrons. The minimum Gasteiger partial charge on any atom is -0.304 e. The smallest absolute Gasteiger partial charge is 0.240 e. The third kappa shape index (κ3) is 4.56. The highest BCUT2D eigenvalue weighted by molar-refractivity contribution is 7.89. The normalized spacial score (nSPS) is 18.2. The molecule has 0 radical (unpaired) electrons. The Hall–Kier alpha value is -0.950. The predicted molar refractivity (Wildman–Crippen MR) is 80.2 cm³/mol. The van der Waals surface area contributed by atoms with Crippen LogP contribution >= 0.6 is 0 Å². The molecular formula is C14H23N3O2S. The molecule has 1 aromatic carbocycles. The van der Waals surface area contributed by atoms with Gasteiger partial charge in [-0.1, -0.05) is 18.2 Å². The van der Waals surface area contributed by atoms with Crippen LogP contribution in [0.1, 0.15) is 6.42 Å². The number of benzene rings is 1. The Labute approximate surface area is 121 Å². The van der Waals surface area contributed by atoms with Crippen molar-refractivity contribution in [2.45, 2.75) is 11.3 Å². The van der Waals surface area contributed by atoms with Gasteiger partial charge in [0.05, 0.1) is 4.90 Å². The summed E-state index contributed by atoms with van der Waals surface area (Å²) in [6.45, 7) is 5.77. The highest BCUT2D eigenvalue weighted by Gasteiger charge is 2.15. The van der Waals surface area contributed by atoms with Crippen molar-refractivity contribution in [1.29, 1.82) is 0 Å². The van der Waals surface area contributed by atoms with Crippen LogP contribution in [0.2, 0.25) is 0 Å². The molecule has 0 spiro atoms. The lowest BCUT2D eigenvalue weighted by molar-refractivity contribution is 0.153. The van der Waals surface area contributed by atoms with E-state index in [1.807, 2.05) is 6.07 Å². The third-order valence-electron chi connectivity index (χ3n) is 3.59. The van der Waals surface area contributed by atoms with Crippen molar-refractivity contribution in [2.24, 2.45) is 0 Å². The van der Waals surface area contributed by atoms with Gasteiger partial charge < -0.3 is 9.80 Å². The van der Waals surface area contributed by atoms with Crippen LogP contribution < -0.4 is 4.72 Å². The van der Waals surface area contributed by atoms with Crippen molar-refractivity contribution >= 4 is 10.0 Å². The fourth-order valence-electron chi connectivity index (χ4n) is 2.26. The molecule has 0 amide bonds. The second-order valence-corrected chi connectivity index (χ2v) is 6.98. The highest BCUT2D eigenvalue weighted by atomic mass is 32.2. The van der Waals surface area contributed by atoms with Gasteiger partial charge in [-0.25, -0.2) is 13.1 Å². The molecule has 0 aromatic heterocycles. The summed E-state index contributed by atoms with van der Waals surface area (Å²) in [4.78, 5) is 5.03. The number of nitrogens with zero attached hydrogens (tertiary/aromatic N) is 2. The van der Waals surface area contributed by atoms with Crippen LogP contribution in [0.4, 0.5) is 0 Å². The summed E-state index contributed by atoms with van der Waals surface area (Å²) in [6, 6.07) is 8.51. The van der Waals surface area contributed by atoms with Gasteiger partial charge in [-0.3, -0.25) is 0 Å². The number of nitrogens with one attached hydrogen (secondary N) is 1. The van der Waals surface area contributed by atoms with Crippen molar-refractivity contribution in [3.63, 3.8) is 0 Å². The average Bonchev–Trinajstić information content (AvgIpc) is 2.46. The lowest BCUT2D eigenvalue weighted by Gasteiger charge is -2.32. The van der Waals surface area contributed by atoms with E-state index in [0.29, 0.717) is 11.4 Å². The zero-order chi connectivity index (χ0) is 14.4. The fourth-order valence-corrected chi connectivity index (χ4v) is 3.36. The molecule has 5 nitrogen and oxygen atoms in total. The Morgan fingerprint density at radius 1 is 1.10 bits per heavy atom. The van der Waals surface area contributed by atoms with E-state index in [1.54, 1.807) is 24.3 Å². The first-order valence-electron chi connectivity index (χ1n) is 7.03. The quantitative estimate of drug-likeness (QED) is 0.782. The van der Waals surface area contributed by atoms with Crippen molar-refractivity contribution in [3.8, 4) is 0 Å². The number of rotatable bonds is 6. The first-order chi connectivity index (χ1) is 9.58. The van der Waals surface area contributed by atoms with Gasteiger partial charge in [-0.2, -0.15) is 0 Å². The zero-order valence-electron chi connectivity index (χ0n) is 12.0. The number of piperazine rings is 1. The van der Waals surface area contributed by atoms with E-state index < -0.39 is 10.0 Å². The second kappa shape index (κ2) is 7.17. The zero-order valence-corrected chi connectivity index (χ0v) is 12.8. The van der Waals surface area contributed by atoms with Crippen LogP contribution in [0.15, 0.2) is 35.2 Å². The Kier molecular flexibility index (Phi) is 5.54. The third-order valence-corrected chi connectivity index (χ3v) is 5.07. The Morgan fingerprint density at radius 2 is 1.75 bits per heavy atom. The van der Waals surface area contributed by atoms with E-state index in [4.69, 9.17) is 0 Å². The van der Waals surface area contributed by atoms with Gasteiger partial charge >= 0.3 is 0 Å². The monoisotopic (exact) mass is 297 g/mol. The van der Waals surface area contributed by atoms with E-state index in [2.05, 4.69) is 21.6 Å². The van der Waals surface area contributed by atoms with E-state index in [1.165, 1.54) is 0 Å². The molecular weight excluding hydrogens is 274 g/mol. The molecule has 2 rings (SSSR count). The summed E-state index contributed by atoms with van der Waals surface area (Å²) in [5.41, 5.74) is 0. The fraction of sp³-hybridized carbons (Fsp3) is 0.571. The lowest BCUT2D eigenvalue weighted by atomic mass is 10.3. The number of likely N-dealkylation sites (N-methyl/N-ethyl adjacent to an activating group) is 1. The first-order valence-corrected chi connectivity index (χ1v) is 8.52. The molecule has 1 saturated heterocycles. The number of hydrogen-bond donors (Lipinski definition) is 1. The number of hydrogen-bond acceptors (Lipinski definition) is 4. The summed E-state index contributed by atoms with van der Waals surface area (Å²) in [5, 5.41) is 0. The molecule has 0 bridgehead atoms. The Balaban J connectivity index is 1.71. The van der Waals surface area contributed by atoms with Gasteiger partial charge in [-0.05, 0) is 32.1 Å². The summed E-state index contributed by atoms with van der Waals surface area (Å²) in [7, 11) is -1.22. The molecule has 1 aliphatic heterocycles. The van der Waals surface area contributed by atoms with Crippen molar-refractivity contribution < 1.29 is 8.42 Å². The van der Waals surface area contributed by atoms with Gasteiger partial charge in [0.15, 0.2) is 0 Å². The van der Waals surface area contributed by atoms with Crippen LogP contribution in [0, 0.1) is 0 Å². The summed E-state index contributed by atoms with van der Waals surface area (Å²) >= 11 is 0. The van der Waals surface area contributed by atoms with Crippen LogP contribution in [0.25, 0.3) is 0 Å². The minimum atomic E-state index is -3.35. The largest absolute Gasteiger partial charge is 0.304 e. The van der Waals surface area contributed by atoms with Gasteiger partial charge in [0.2, 0.25) is 10.0 Å². The molecule has 0 saturated carbocycles. The van der Waals surface area contributed by atoms with Crippen molar-refractivity contribution in [3.05, 3.63) is 30.3 Å². The molecule has 1 N–H and O–H groups in total. The summed E-state index contributed by atoms with van der Waals surface area (Å²) < 4.78 is 26.6. The Bertz CT molecular complexity index is 496. The van der Waals surface area contributed by atoms with Crippen LogP contribution in [-0.4, -0.2) is 64.5 Å². The highest BCUT2D eigenvalue weighted by Crippen LogP contribution is 2.07. The minimum absolute atomic E-state index is 0.333. The lowest BCUT2D eigenvalue weighted by Crippen LogP contribution is -2.45. The van der Waals surface area contributed by atoms with E-state index in [9.17, 15) is 8.42 Å². The standard InChI is InChI=1S/C14H23N3O2S/c1-16-10-12-17(13-11-16)9-5-8-15-20(18,19)14-6-3-2-4-7-14/h2-4,6-7,15H,5,8-13H2,1H3. The molecule has 1 aliphatic rings. The van der Waals surface area contributed by atoms with E-state index in [0.717, 1.165) is 39.1 Å². The molecule has 1 fully saturated rings. The summed E-state index contributed by atoms with van der Waals surface area (Å²) in [6.07, 6.45) is 0.843. The maximum absolute atomic E-state index is 12.0. The van der Waals surface area contributed by atoms with E-state index in [-0.39, 0.29) is 0 Å². The summed E-state index contributed by atoms with van der Waals surface area (Å²) in [5.74, 6) is 0. The molecule has 0 atom stereocenters. The molecule has 1 aromatic rings. The van der Waals surface area contributed by atoms with Gasteiger partial charge in [0.25, 0.3) is 0 Å². The predicted octanol–water partition coefficient (Wildman–Crippen LogP) is 0.602. The maximum atomic E-state index is 12.0. The molecule has 6 heteroatoms. The molecule has 0 unspecified atom stereocenters. The molecule has 20 heavy (non-hydrogen) atoms. The van der Waals surface area contributed by atoms with Gasteiger partial charge in [0, 0.05) is 32.7 Å². The van der Waals surface area contributed by atoms with Crippen LogP contribution in [0.3, 0.4) is 0 Å². The first kappa shape index (κ1) is 15.4. The topological polar surface area (TPSA) is 52.6 Å². The van der Waals surface area contributed by atoms with Crippen molar-refractivity contribution in [1.82, 2.24) is 14.5 Å². The van der Waals surface area contributed by atoms with Crippen LogP contribution in [-0.2, 0) is 10.0 Å². The van der Waals surface area contributed by atoms with E-state index >= 15 is 0 Å². The van der Waals surface area contributed by atoms with Gasteiger partial charge in [-0.15, -0.1) is 0 Å². The second-order valence-electron chi connectivity index (χ2n) is 5.21. The van der Waals surface area contributed by atoms with Gasteiger partial charge in [0.1, 0.15) is 0 Å². The van der Waals surface area contributed by atoms with Crippen LogP contribution in [0.5, 0.6) is 0 Å².